The summed E-state index contributed by atoms with van der Waals surface area (Å²) in [5, 5.41) is 4.76. The van der Waals surface area contributed by atoms with Gasteiger partial charge < -0.3 is 14.5 Å². The Labute approximate surface area is 195 Å². The van der Waals surface area contributed by atoms with Crippen LogP contribution in [-0.4, -0.2) is 24.1 Å². The largest absolute Gasteiger partial charge is 0.465 e. The Hall–Kier alpha value is -2.91. The average Bonchev–Trinajstić information content (AvgIpc) is 3.28. The summed E-state index contributed by atoms with van der Waals surface area (Å²) in [6.45, 7) is 1.83. The monoisotopic (exact) mass is 471 g/mol. The summed E-state index contributed by atoms with van der Waals surface area (Å²) in [6.07, 6.45) is 6.28. The lowest BCUT2D eigenvalue weighted by Gasteiger charge is -2.12. The highest BCUT2D eigenvalue weighted by Gasteiger charge is 2.25. The molecule has 1 aliphatic rings. The number of hydrogen-bond acceptors (Lipinski definition) is 6. The Kier molecular flexibility index (Phi) is 6.76. The molecule has 0 spiro atoms. The van der Waals surface area contributed by atoms with Gasteiger partial charge in [0, 0.05) is 15.8 Å². The number of carbonyl (C=O) groups is 2. The molecule has 1 aromatic carbocycles. The van der Waals surface area contributed by atoms with Crippen molar-refractivity contribution < 1.29 is 18.7 Å². The molecule has 168 valence electrons. The zero-order valence-electron chi connectivity index (χ0n) is 18.0. The number of para-hydroxylation sites is 1. The molecule has 1 aliphatic carbocycles. The lowest BCUT2D eigenvalue weighted by atomic mass is 9.96. The molecule has 3 N–H and O–H groups in total. The molecule has 3 aromatic rings. The number of carbonyl (C=O) groups excluding carboxylic acids is 2. The summed E-state index contributed by atoms with van der Waals surface area (Å²) in [4.78, 5) is 26.3. The highest BCUT2D eigenvalue weighted by molar-refractivity contribution is 7.80. The topological polar surface area (TPSA) is 92.6 Å². The number of anilines is 1. The molecule has 0 bridgehead atoms. The number of nitrogens with one attached hydrogen (secondary N) is 3. The normalized spacial score (nSPS) is 13.6. The van der Waals surface area contributed by atoms with Crippen molar-refractivity contribution in [2.24, 2.45) is 0 Å². The number of furan rings is 1. The fraction of sp³-hybridized carbons (Fsp3) is 0.348. The number of thiophene rings is 1. The predicted molar refractivity (Wildman–Crippen MR) is 129 cm³/mol. The molecule has 0 aliphatic heterocycles. The molecule has 0 atom stereocenters. The van der Waals surface area contributed by atoms with Crippen LogP contribution in [0.4, 0.5) is 5.00 Å². The number of ether oxygens (including phenoxy) is 1. The number of aryl methyl sites for hydroxylation is 2. The van der Waals surface area contributed by atoms with Crippen LogP contribution in [0, 0.1) is 6.92 Å². The van der Waals surface area contributed by atoms with Crippen molar-refractivity contribution in [2.75, 3.05) is 12.4 Å². The summed E-state index contributed by atoms with van der Waals surface area (Å²) in [6, 6.07) is 7.47. The number of rotatable bonds is 3. The number of methoxy groups -OCH3 is 1. The zero-order chi connectivity index (χ0) is 22.7. The first kappa shape index (κ1) is 22.3. The minimum atomic E-state index is -0.436. The first-order valence-electron chi connectivity index (χ1n) is 10.6. The van der Waals surface area contributed by atoms with Crippen LogP contribution in [0.15, 0.2) is 28.7 Å². The van der Waals surface area contributed by atoms with Gasteiger partial charge in [-0.15, -0.1) is 11.3 Å². The maximum Gasteiger partial charge on any atom is 0.341 e. The van der Waals surface area contributed by atoms with Crippen LogP contribution in [0.5, 0.6) is 0 Å². The SMILES string of the molecule is COC(=O)c1c(NC(=S)NNC(=O)c2oc3ccccc3c2C)sc2c1CCCCCC2. The van der Waals surface area contributed by atoms with E-state index in [2.05, 4.69) is 16.2 Å². The molecule has 0 fully saturated rings. The predicted octanol–water partition coefficient (Wildman–Crippen LogP) is 4.88. The second-order valence-electron chi connectivity index (χ2n) is 7.70. The highest BCUT2D eigenvalue weighted by Crippen LogP contribution is 2.37. The molecule has 32 heavy (non-hydrogen) atoms. The zero-order valence-corrected chi connectivity index (χ0v) is 19.6. The third-order valence-electron chi connectivity index (χ3n) is 5.63. The Morgan fingerprint density at radius 1 is 1.09 bits per heavy atom. The van der Waals surface area contributed by atoms with Gasteiger partial charge in [0.15, 0.2) is 10.9 Å². The second kappa shape index (κ2) is 9.70. The number of esters is 1. The molecule has 0 unspecified atom stereocenters. The lowest BCUT2D eigenvalue weighted by Crippen LogP contribution is -2.43. The van der Waals surface area contributed by atoms with Crippen LogP contribution < -0.4 is 16.2 Å². The summed E-state index contributed by atoms with van der Waals surface area (Å²) in [5.41, 5.74) is 8.26. The molecule has 9 heteroatoms. The first-order chi connectivity index (χ1) is 15.5. The van der Waals surface area contributed by atoms with Gasteiger partial charge >= 0.3 is 11.9 Å². The van der Waals surface area contributed by atoms with Gasteiger partial charge in [0.05, 0.1) is 12.7 Å². The molecule has 7 nitrogen and oxygen atoms in total. The minimum Gasteiger partial charge on any atom is -0.465 e. The fourth-order valence-corrected chi connectivity index (χ4v) is 5.52. The Morgan fingerprint density at radius 3 is 2.59 bits per heavy atom. The van der Waals surface area contributed by atoms with Gasteiger partial charge in [-0.25, -0.2) is 4.79 Å². The Bertz CT molecular complexity index is 1180. The van der Waals surface area contributed by atoms with Gasteiger partial charge in [-0.05, 0) is 56.5 Å². The summed E-state index contributed by atoms with van der Waals surface area (Å²) in [7, 11) is 1.38. The molecule has 2 heterocycles. The van der Waals surface area contributed by atoms with Crippen molar-refractivity contribution in [3.8, 4) is 0 Å². The van der Waals surface area contributed by atoms with E-state index in [-0.39, 0.29) is 16.8 Å². The average molecular weight is 472 g/mol. The van der Waals surface area contributed by atoms with Crippen LogP contribution in [0.2, 0.25) is 0 Å². The molecule has 0 radical (unpaired) electrons. The van der Waals surface area contributed by atoms with Crippen molar-refractivity contribution in [1.29, 1.82) is 0 Å². The van der Waals surface area contributed by atoms with Gasteiger partial charge in [-0.2, -0.15) is 0 Å². The molecular weight excluding hydrogens is 446 g/mol. The van der Waals surface area contributed by atoms with Gasteiger partial charge in [-0.3, -0.25) is 15.6 Å². The molecule has 0 saturated heterocycles. The fourth-order valence-electron chi connectivity index (χ4n) is 4.02. The molecule has 1 amide bonds. The number of hydrazine groups is 1. The van der Waals surface area contributed by atoms with E-state index in [4.69, 9.17) is 21.4 Å². The van der Waals surface area contributed by atoms with Gasteiger partial charge in [-0.1, -0.05) is 31.0 Å². The molecule has 2 aromatic heterocycles. The summed E-state index contributed by atoms with van der Waals surface area (Å²) in [5.74, 6) is -0.597. The van der Waals surface area contributed by atoms with Crippen LogP contribution >= 0.6 is 23.6 Å². The van der Waals surface area contributed by atoms with E-state index < -0.39 is 5.91 Å². The van der Waals surface area contributed by atoms with Crippen molar-refractivity contribution in [1.82, 2.24) is 10.9 Å². The van der Waals surface area contributed by atoms with E-state index in [9.17, 15) is 9.59 Å². The van der Waals surface area contributed by atoms with Gasteiger partial charge in [0.1, 0.15) is 10.6 Å². The number of benzene rings is 1. The van der Waals surface area contributed by atoms with Crippen LogP contribution in [0.3, 0.4) is 0 Å². The minimum absolute atomic E-state index is 0.173. The van der Waals surface area contributed by atoms with E-state index in [0.717, 1.165) is 48.6 Å². The second-order valence-corrected chi connectivity index (χ2v) is 9.21. The summed E-state index contributed by atoms with van der Waals surface area (Å²) < 4.78 is 10.7. The Balaban J connectivity index is 1.47. The van der Waals surface area contributed by atoms with Crippen LogP contribution in [0.1, 0.15) is 62.6 Å². The van der Waals surface area contributed by atoms with E-state index >= 15 is 0 Å². The van der Waals surface area contributed by atoms with E-state index in [1.54, 1.807) is 0 Å². The van der Waals surface area contributed by atoms with Gasteiger partial charge in [0.2, 0.25) is 0 Å². The maximum atomic E-state index is 12.6. The van der Waals surface area contributed by atoms with Crippen molar-refractivity contribution in [3.63, 3.8) is 0 Å². The van der Waals surface area contributed by atoms with Crippen molar-refractivity contribution >= 4 is 56.5 Å². The van der Waals surface area contributed by atoms with Crippen LogP contribution in [0.25, 0.3) is 11.0 Å². The van der Waals surface area contributed by atoms with E-state index in [0.29, 0.717) is 16.1 Å². The van der Waals surface area contributed by atoms with Crippen LogP contribution in [-0.2, 0) is 17.6 Å². The molecule has 0 saturated carbocycles. The maximum absolute atomic E-state index is 12.6. The summed E-state index contributed by atoms with van der Waals surface area (Å²) >= 11 is 6.89. The van der Waals surface area contributed by atoms with Crippen molar-refractivity contribution in [3.05, 3.63) is 51.6 Å². The number of hydrogen-bond donors (Lipinski definition) is 3. The molecular formula is C23H25N3O4S2. The van der Waals surface area contributed by atoms with Gasteiger partial charge in [0.25, 0.3) is 0 Å². The number of amides is 1. The third-order valence-corrected chi connectivity index (χ3v) is 7.04. The number of fused-ring (bicyclic) bond motifs is 2. The van der Waals surface area contributed by atoms with E-state index in [1.807, 2.05) is 31.2 Å². The first-order valence-corrected chi connectivity index (χ1v) is 11.8. The number of thiocarbonyl (C=S) groups is 1. The quantitative estimate of drug-likeness (QED) is 0.285. The highest BCUT2D eigenvalue weighted by atomic mass is 32.1. The van der Waals surface area contributed by atoms with E-state index in [1.165, 1.54) is 29.7 Å². The van der Waals surface area contributed by atoms with Crippen molar-refractivity contribution in [2.45, 2.75) is 45.4 Å². The lowest BCUT2D eigenvalue weighted by molar-refractivity contribution is 0.0601. The smallest absolute Gasteiger partial charge is 0.341 e. The Morgan fingerprint density at radius 2 is 1.84 bits per heavy atom. The molecule has 4 rings (SSSR count). The third kappa shape index (κ3) is 4.49. The standard InChI is InChI=1S/C23H25N3O4S2/c1-13-14-9-7-8-11-16(14)30-19(13)20(27)25-26-23(31)24-21-18(22(28)29-2)15-10-5-3-4-6-12-17(15)32-21/h7-9,11H,3-6,10,12H2,1-2H3,(H,25,27)(H2,24,26,31).